The first-order valence-electron chi connectivity index (χ1n) is 9.76. The monoisotopic (exact) mass is 410 g/mol. The van der Waals surface area contributed by atoms with Gasteiger partial charge in [-0.3, -0.25) is 19.8 Å². The minimum Gasteiger partial charge on any atom is -0.382 e. The number of likely N-dealkylation sites (tertiary alicyclic amines) is 1. The number of nitrogens with one attached hydrogen (secondary N) is 3. The molecule has 0 bridgehead atoms. The number of rotatable bonds is 10. The SMILES string of the molecule is CCOCCCNC(=O)C1CCN(CC(=O)NC(=O)NCc2cccs2)CC1. The summed E-state index contributed by atoms with van der Waals surface area (Å²) in [4.78, 5) is 39.0. The van der Waals surface area contributed by atoms with E-state index in [1.165, 1.54) is 0 Å². The van der Waals surface area contributed by atoms with Gasteiger partial charge in [-0.1, -0.05) is 6.07 Å². The van der Waals surface area contributed by atoms with Crippen LogP contribution in [0, 0.1) is 5.92 Å². The molecule has 2 heterocycles. The molecule has 0 aromatic carbocycles. The number of piperidine rings is 1. The Labute approximate surface area is 170 Å². The molecule has 28 heavy (non-hydrogen) atoms. The van der Waals surface area contributed by atoms with Crippen LogP contribution in [0.15, 0.2) is 17.5 Å². The summed E-state index contributed by atoms with van der Waals surface area (Å²) < 4.78 is 5.25. The molecule has 2 rings (SSSR count). The van der Waals surface area contributed by atoms with Crippen molar-refractivity contribution in [1.82, 2.24) is 20.9 Å². The number of urea groups is 1. The predicted molar refractivity (Wildman–Crippen MR) is 108 cm³/mol. The zero-order valence-corrected chi connectivity index (χ0v) is 17.2. The van der Waals surface area contributed by atoms with Crippen LogP contribution in [0.25, 0.3) is 0 Å². The Bertz CT molecular complexity index is 615. The van der Waals surface area contributed by atoms with Crippen molar-refractivity contribution in [3.63, 3.8) is 0 Å². The van der Waals surface area contributed by atoms with Crippen molar-refractivity contribution in [2.45, 2.75) is 32.7 Å². The minimum absolute atomic E-state index is 0.0134. The number of carbonyl (C=O) groups is 3. The average molecular weight is 411 g/mol. The van der Waals surface area contributed by atoms with E-state index in [2.05, 4.69) is 16.0 Å². The Balaban J connectivity index is 1.57. The summed E-state index contributed by atoms with van der Waals surface area (Å²) in [5.74, 6) is -0.267. The largest absolute Gasteiger partial charge is 0.382 e. The summed E-state index contributed by atoms with van der Waals surface area (Å²) >= 11 is 1.55. The molecule has 0 saturated carbocycles. The van der Waals surface area contributed by atoms with E-state index in [0.29, 0.717) is 39.4 Å². The molecular weight excluding hydrogens is 380 g/mol. The number of ether oxygens (including phenoxy) is 1. The Morgan fingerprint density at radius 3 is 2.71 bits per heavy atom. The van der Waals surface area contributed by atoms with Crippen LogP contribution in [0.3, 0.4) is 0 Å². The van der Waals surface area contributed by atoms with E-state index < -0.39 is 6.03 Å². The van der Waals surface area contributed by atoms with Gasteiger partial charge in [-0.15, -0.1) is 11.3 Å². The molecule has 156 valence electrons. The lowest BCUT2D eigenvalue weighted by atomic mass is 9.96. The molecule has 1 aromatic heterocycles. The minimum atomic E-state index is -0.486. The molecule has 1 fully saturated rings. The molecule has 0 radical (unpaired) electrons. The lowest BCUT2D eigenvalue weighted by molar-refractivity contribution is -0.126. The molecule has 3 N–H and O–H groups in total. The average Bonchev–Trinajstić information content (AvgIpc) is 3.20. The van der Waals surface area contributed by atoms with Gasteiger partial charge in [0.25, 0.3) is 0 Å². The Kier molecular flexibility index (Phi) is 9.95. The number of imide groups is 1. The van der Waals surface area contributed by atoms with Gasteiger partial charge in [0.05, 0.1) is 13.1 Å². The van der Waals surface area contributed by atoms with Crippen LogP contribution in [0.2, 0.25) is 0 Å². The van der Waals surface area contributed by atoms with Gasteiger partial charge in [0.2, 0.25) is 11.8 Å². The molecule has 4 amide bonds. The maximum atomic E-state index is 12.2. The Morgan fingerprint density at radius 1 is 1.25 bits per heavy atom. The van der Waals surface area contributed by atoms with Crippen molar-refractivity contribution in [2.24, 2.45) is 5.92 Å². The van der Waals surface area contributed by atoms with E-state index in [1.807, 2.05) is 29.3 Å². The van der Waals surface area contributed by atoms with Crippen molar-refractivity contribution in [3.8, 4) is 0 Å². The number of hydrogen-bond acceptors (Lipinski definition) is 6. The van der Waals surface area contributed by atoms with Crippen LogP contribution in [-0.4, -0.2) is 62.1 Å². The third-order valence-corrected chi connectivity index (χ3v) is 5.43. The summed E-state index contributed by atoms with van der Waals surface area (Å²) in [6.45, 7) is 5.83. The standard InChI is InChI=1S/C19H30N4O4S/c1-2-27-11-4-8-20-18(25)15-6-9-23(10-7-15)14-17(24)22-19(26)21-13-16-5-3-12-28-16/h3,5,12,15H,2,4,6-11,13-14H2,1H3,(H,20,25)(H2,21,22,24,26). The van der Waals surface area contributed by atoms with Crippen molar-refractivity contribution >= 4 is 29.2 Å². The zero-order valence-electron chi connectivity index (χ0n) is 16.4. The highest BCUT2D eigenvalue weighted by molar-refractivity contribution is 7.09. The molecule has 1 saturated heterocycles. The van der Waals surface area contributed by atoms with Crippen LogP contribution >= 0.6 is 11.3 Å². The van der Waals surface area contributed by atoms with Crippen LogP contribution in [-0.2, 0) is 20.9 Å². The van der Waals surface area contributed by atoms with E-state index in [4.69, 9.17) is 4.74 Å². The number of amides is 4. The number of carbonyl (C=O) groups excluding carboxylic acids is 3. The number of hydrogen-bond donors (Lipinski definition) is 3. The molecule has 1 aliphatic heterocycles. The van der Waals surface area contributed by atoms with Gasteiger partial charge in [0.15, 0.2) is 0 Å². The van der Waals surface area contributed by atoms with E-state index in [0.717, 1.165) is 24.1 Å². The van der Waals surface area contributed by atoms with Crippen LogP contribution < -0.4 is 16.0 Å². The van der Waals surface area contributed by atoms with Crippen molar-refractivity contribution in [2.75, 3.05) is 39.4 Å². The fourth-order valence-electron chi connectivity index (χ4n) is 3.02. The summed E-state index contributed by atoms with van der Waals surface area (Å²) in [7, 11) is 0. The Hall–Kier alpha value is -1.97. The lowest BCUT2D eigenvalue weighted by Crippen LogP contribution is -2.47. The van der Waals surface area contributed by atoms with E-state index in [-0.39, 0.29) is 24.3 Å². The third kappa shape index (κ3) is 8.37. The summed E-state index contributed by atoms with van der Waals surface area (Å²) in [6.07, 6.45) is 2.25. The highest BCUT2D eigenvalue weighted by Gasteiger charge is 2.25. The molecule has 1 aromatic rings. The predicted octanol–water partition coefficient (Wildman–Crippen LogP) is 1.33. The second kappa shape index (κ2) is 12.5. The first-order chi connectivity index (χ1) is 13.6. The number of nitrogens with zero attached hydrogens (tertiary/aromatic N) is 1. The van der Waals surface area contributed by atoms with E-state index >= 15 is 0 Å². The van der Waals surface area contributed by atoms with E-state index in [9.17, 15) is 14.4 Å². The van der Waals surface area contributed by atoms with Gasteiger partial charge in [0, 0.05) is 30.6 Å². The quantitative estimate of drug-likeness (QED) is 0.506. The third-order valence-electron chi connectivity index (χ3n) is 4.55. The second-order valence-corrected chi connectivity index (χ2v) is 7.73. The first kappa shape index (κ1) is 22.3. The van der Waals surface area contributed by atoms with Crippen LogP contribution in [0.1, 0.15) is 31.1 Å². The summed E-state index contributed by atoms with van der Waals surface area (Å²) in [6, 6.07) is 3.35. The molecule has 0 unspecified atom stereocenters. The fraction of sp³-hybridized carbons (Fsp3) is 0.632. The highest BCUT2D eigenvalue weighted by Crippen LogP contribution is 2.17. The van der Waals surface area contributed by atoms with Crippen LogP contribution in [0.4, 0.5) is 4.79 Å². The maximum absolute atomic E-state index is 12.2. The van der Waals surface area contributed by atoms with Gasteiger partial charge in [-0.05, 0) is 50.7 Å². The summed E-state index contributed by atoms with van der Waals surface area (Å²) in [5.41, 5.74) is 0. The molecule has 0 atom stereocenters. The normalized spacial score (nSPS) is 15.2. The molecule has 0 spiro atoms. The zero-order chi connectivity index (χ0) is 20.2. The van der Waals surface area contributed by atoms with Gasteiger partial charge in [-0.2, -0.15) is 0 Å². The van der Waals surface area contributed by atoms with Crippen LogP contribution in [0.5, 0.6) is 0 Å². The Morgan fingerprint density at radius 2 is 2.04 bits per heavy atom. The lowest BCUT2D eigenvalue weighted by Gasteiger charge is -2.30. The first-order valence-corrected chi connectivity index (χ1v) is 10.6. The topological polar surface area (TPSA) is 99.8 Å². The van der Waals surface area contributed by atoms with Gasteiger partial charge < -0.3 is 15.4 Å². The number of thiophene rings is 1. The molecule has 9 heteroatoms. The second-order valence-electron chi connectivity index (χ2n) is 6.70. The molecular formula is C19H30N4O4S. The summed E-state index contributed by atoms with van der Waals surface area (Å²) in [5, 5.41) is 9.90. The van der Waals surface area contributed by atoms with Gasteiger partial charge >= 0.3 is 6.03 Å². The molecule has 1 aliphatic rings. The van der Waals surface area contributed by atoms with Crippen molar-refractivity contribution < 1.29 is 19.1 Å². The van der Waals surface area contributed by atoms with Gasteiger partial charge in [0.1, 0.15) is 0 Å². The molecule has 0 aliphatic carbocycles. The van der Waals surface area contributed by atoms with Crippen molar-refractivity contribution in [3.05, 3.63) is 22.4 Å². The molecule has 8 nitrogen and oxygen atoms in total. The van der Waals surface area contributed by atoms with Crippen molar-refractivity contribution in [1.29, 1.82) is 0 Å². The van der Waals surface area contributed by atoms with Gasteiger partial charge in [-0.25, -0.2) is 4.79 Å². The smallest absolute Gasteiger partial charge is 0.321 e. The highest BCUT2D eigenvalue weighted by atomic mass is 32.1. The maximum Gasteiger partial charge on any atom is 0.321 e. The fourth-order valence-corrected chi connectivity index (χ4v) is 3.67. The van der Waals surface area contributed by atoms with E-state index in [1.54, 1.807) is 11.3 Å².